The number of hydrogen-bond donors (Lipinski definition) is 0. The molecule has 136 valence electrons. The molecular weight excluding hydrogens is 326 g/mol. The first-order valence-electron chi connectivity index (χ1n) is 9.58. The fourth-order valence-corrected chi connectivity index (χ4v) is 4.67. The van der Waals surface area contributed by atoms with Gasteiger partial charge in [-0.2, -0.15) is 0 Å². The first-order chi connectivity index (χ1) is 12.6. The molecule has 2 aromatic rings. The predicted octanol–water partition coefficient (Wildman–Crippen LogP) is 3.24. The number of amides is 2. The maximum atomic E-state index is 13.1. The Kier molecular flexibility index (Phi) is 4.39. The average Bonchev–Trinajstić information content (AvgIpc) is 2.67. The van der Waals surface area contributed by atoms with Gasteiger partial charge in [-0.05, 0) is 44.7 Å². The van der Waals surface area contributed by atoms with E-state index >= 15 is 0 Å². The Morgan fingerprint density at radius 1 is 1.15 bits per heavy atom. The van der Waals surface area contributed by atoms with E-state index in [-0.39, 0.29) is 17.4 Å². The maximum absolute atomic E-state index is 13.1. The first kappa shape index (κ1) is 17.0. The van der Waals surface area contributed by atoms with Crippen molar-refractivity contribution < 1.29 is 9.59 Å². The normalized spacial score (nSPS) is 23.7. The van der Waals surface area contributed by atoms with E-state index in [2.05, 4.69) is 4.98 Å². The number of likely N-dealkylation sites (N-methyl/N-ethyl adjacent to an activating group) is 1. The maximum Gasteiger partial charge on any atom is 0.272 e. The minimum atomic E-state index is -0.186. The van der Waals surface area contributed by atoms with E-state index < -0.39 is 0 Å². The van der Waals surface area contributed by atoms with Crippen molar-refractivity contribution in [2.45, 2.75) is 44.6 Å². The molecule has 2 aliphatic heterocycles. The molecule has 5 nitrogen and oxygen atoms in total. The number of carbonyl (C=O) groups is 2. The van der Waals surface area contributed by atoms with Crippen molar-refractivity contribution in [2.24, 2.45) is 0 Å². The summed E-state index contributed by atoms with van der Waals surface area (Å²) < 4.78 is 0. The van der Waals surface area contributed by atoms with Crippen LogP contribution in [0.25, 0.3) is 10.9 Å². The molecule has 0 N–H and O–H groups in total. The zero-order chi connectivity index (χ0) is 18.1. The zero-order valence-electron chi connectivity index (χ0n) is 15.3. The van der Waals surface area contributed by atoms with E-state index in [1.807, 2.05) is 53.1 Å². The third-order valence-corrected chi connectivity index (χ3v) is 5.88. The van der Waals surface area contributed by atoms with Gasteiger partial charge in [-0.15, -0.1) is 0 Å². The van der Waals surface area contributed by atoms with E-state index in [4.69, 9.17) is 0 Å². The van der Waals surface area contributed by atoms with Crippen LogP contribution in [0, 0.1) is 0 Å². The number of carbonyl (C=O) groups excluding carboxylic acids is 2. The smallest absolute Gasteiger partial charge is 0.272 e. The van der Waals surface area contributed by atoms with Crippen molar-refractivity contribution in [2.75, 3.05) is 19.6 Å². The van der Waals surface area contributed by atoms with Crippen LogP contribution in [0.15, 0.2) is 36.4 Å². The van der Waals surface area contributed by atoms with Crippen molar-refractivity contribution in [3.63, 3.8) is 0 Å². The van der Waals surface area contributed by atoms with Gasteiger partial charge in [0.05, 0.1) is 11.1 Å². The molecule has 0 aliphatic carbocycles. The fourth-order valence-electron chi connectivity index (χ4n) is 4.67. The summed E-state index contributed by atoms with van der Waals surface area (Å²) in [5.41, 5.74) is 1.15. The third kappa shape index (κ3) is 2.85. The molecule has 2 aliphatic rings. The Morgan fingerprint density at radius 3 is 2.81 bits per heavy atom. The summed E-state index contributed by atoms with van der Waals surface area (Å²) in [5.74, 6) is 0.209. The number of likely N-dealkylation sites (tertiary alicyclic amines) is 2. The monoisotopic (exact) mass is 351 g/mol. The highest BCUT2D eigenvalue weighted by Gasteiger charge is 2.45. The average molecular weight is 351 g/mol. The highest BCUT2D eigenvalue weighted by atomic mass is 16.2. The van der Waals surface area contributed by atoms with Crippen LogP contribution in [0.3, 0.4) is 0 Å². The van der Waals surface area contributed by atoms with E-state index in [0.29, 0.717) is 18.7 Å². The molecule has 5 heteroatoms. The second-order valence-electron chi connectivity index (χ2n) is 7.44. The number of aromatic nitrogens is 1. The van der Waals surface area contributed by atoms with Gasteiger partial charge in [0.25, 0.3) is 5.91 Å². The van der Waals surface area contributed by atoms with E-state index in [1.54, 1.807) is 0 Å². The molecule has 0 bridgehead atoms. The van der Waals surface area contributed by atoms with Gasteiger partial charge in [0.1, 0.15) is 5.69 Å². The summed E-state index contributed by atoms with van der Waals surface area (Å²) in [5, 5.41) is 1.04. The second-order valence-corrected chi connectivity index (χ2v) is 7.44. The molecular formula is C21H25N3O2. The molecule has 1 aromatic carbocycles. The van der Waals surface area contributed by atoms with Gasteiger partial charge in [0.15, 0.2) is 0 Å². The van der Waals surface area contributed by atoms with Gasteiger partial charge in [0.2, 0.25) is 5.91 Å². The number of pyridine rings is 1. The van der Waals surface area contributed by atoms with Crippen molar-refractivity contribution in [3.8, 4) is 0 Å². The highest BCUT2D eigenvalue weighted by molar-refractivity contribution is 5.95. The minimum Gasteiger partial charge on any atom is -0.336 e. The second kappa shape index (κ2) is 6.71. The number of rotatable bonds is 2. The Morgan fingerprint density at radius 2 is 1.96 bits per heavy atom. The van der Waals surface area contributed by atoms with Crippen molar-refractivity contribution >= 4 is 22.7 Å². The number of fused-ring (bicyclic) bond motifs is 1. The molecule has 0 radical (unpaired) electrons. The molecule has 26 heavy (non-hydrogen) atoms. The molecule has 2 fully saturated rings. The van der Waals surface area contributed by atoms with E-state index in [0.717, 1.165) is 49.7 Å². The lowest BCUT2D eigenvalue weighted by molar-refractivity contribution is -0.144. The van der Waals surface area contributed by atoms with Crippen LogP contribution < -0.4 is 0 Å². The zero-order valence-corrected chi connectivity index (χ0v) is 15.3. The number of benzene rings is 1. The van der Waals surface area contributed by atoms with E-state index in [1.165, 1.54) is 0 Å². The Hall–Kier alpha value is -2.43. The van der Waals surface area contributed by atoms with Gasteiger partial charge < -0.3 is 9.80 Å². The summed E-state index contributed by atoms with van der Waals surface area (Å²) in [6.45, 7) is 4.12. The fraction of sp³-hybridized carbons (Fsp3) is 0.476. The topological polar surface area (TPSA) is 53.5 Å². The van der Waals surface area contributed by atoms with Crippen LogP contribution in [0.1, 0.15) is 49.5 Å². The number of piperidine rings is 2. The van der Waals surface area contributed by atoms with Gasteiger partial charge in [-0.1, -0.05) is 24.3 Å². The lowest BCUT2D eigenvalue weighted by Gasteiger charge is -2.51. The number of para-hydroxylation sites is 1. The molecule has 3 heterocycles. The van der Waals surface area contributed by atoms with Crippen LogP contribution in [0.5, 0.6) is 0 Å². The third-order valence-electron chi connectivity index (χ3n) is 5.88. The molecule has 1 aromatic heterocycles. The Labute approximate surface area is 154 Å². The largest absolute Gasteiger partial charge is 0.336 e. The van der Waals surface area contributed by atoms with Crippen LogP contribution in [0.4, 0.5) is 0 Å². The molecule has 0 saturated carbocycles. The Balaban J connectivity index is 1.60. The summed E-state index contributed by atoms with van der Waals surface area (Å²) in [6, 6.07) is 11.6. The van der Waals surface area contributed by atoms with Crippen molar-refractivity contribution in [1.82, 2.24) is 14.8 Å². The lowest BCUT2D eigenvalue weighted by Crippen LogP contribution is -2.63. The minimum absolute atomic E-state index is 0.0242. The molecule has 1 unspecified atom stereocenters. The number of hydrogen-bond acceptors (Lipinski definition) is 3. The number of nitrogens with zero attached hydrogens (tertiary/aromatic N) is 3. The van der Waals surface area contributed by atoms with Crippen LogP contribution >= 0.6 is 0 Å². The van der Waals surface area contributed by atoms with Crippen LogP contribution in [0.2, 0.25) is 0 Å². The van der Waals surface area contributed by atoms with Gasteiger partial charge in [-0.25, -0.2) is 4.98 Å². The van der Waals surface area contributed by atoms with Gasteiger partial charge >= 0.3 is 0 Å². The molecule has 2 saturated heterocycles. The van der Waals surface area contributed by atoms with Gasteiger partial charge in [0, 0.05) is 31.4 Å². The molecule has 2 amide bonds. The molecule has 4 rings (SSSR count). The lowest BCUT2D eigenvalue weighted by atomic mass is 9.79. The predicted molar refractivity (Wildman–Crippen MR) is 101 cm³/mol. The van der Waals surface area contributed by atoms with Gasteiger partial charge in [-0.3, -0.25) is 9.59 Å². The summed E-state index contributed by atoms with van der Waals surface area (Å²) >= 11 is 0. The van der Waals surface area contributed by atoms with Crippen LogP contribution in [-0.4, -0.2) is 51.8 Å². The van der Waals surface area contributed by atoms with Crippen molar-refractivity contribution in [3.05, 3.63) is 42.1 Å². The standard InChI is InChI=1S/C21H25N3O2/c1-2-24-19(25)9-5-12-21(24)13-6-14-23(15-21)20(26)18-11-10-16-7-3-4-8-17(16)22-18/h3-4,7-8,10-11H,2,5-6,9,12-15H2,1H3. The summed E-state index contributed by atoms with van der Waals surface area (Å²) in [7, 11) is 0. The van der Waals surface area contributed by atoms with Crippen molar-refractivity contribution in [1.29, 1.82) is 0 Å². The quantitative estimate of drug-likeness (QED) is 0.835. The van der Waals surface area contributed by atoms with Crippen LogP contribution in [-0.2, 0) is 4.79 Å². The molecule has 1 spiro atoms. The first-order valence-corrected chi connectivity index (χ1v) is 9.58. The summed E-state index contributed by atoms with van der Waals surface area (Å²) in [4.78, 5) is 34.0. The van der Waals surface area contributed by atoms with E-state index in [9.17, 15) is 9.59 Å². The summed E-state index contributed by atoms with van der Waals surface area (Å²) in [6.07, 6.45) is 4.47. The highest BCUT2D eigenvalue weighted by Crippen LogP contribution is 2.36. The molecule has 1 atom stereocenters. The Bertz CT molecular complexity index is 846. The SMILES string of the molecule is CCN1C(=O)CCCC12CCCN(C(=O)c1ccc3ccccc3n1)C2.